The van der Waals surface area contributed by atoms with Gasteiger partial charge in [-0.05, 0) is 38.3 Å². The Balaban J connectivity index is 1.49. The average Bonchev–Trinajstić information content (AvgIpc) is 3.47. The summed E-state index contributed by atoms with van der Waals surface area (Å²) in [6.45, 7) is 2.02. The first kappa shape index (κ1) is 16.4. The van der Waals surface area contributed by atoms with E-state index in [1.807, 2.05) is 22.8 Å². The molecule has 2 fully saturated rings. The van der Waals surface area contributed by atoms with Crippen LogP contribution in [0.5, 0.6) is 5.75 Å². The van der Waals surface area contributed by atoms with Crippen LogP contribution < -0.4 is 15.4 Å². The highest BCUT2D eigenvalue weighted by Crippen LogP contribution is 2.43. The smallest absolute Gasteiger partial charge is 0.223 e. The van der Waals surface area contributed by atoms with Crippen molar-refractivity contribution < 1.29 is 4.74 Å². The van der Waals surface area contributed by atoms with Crippen LogP contribution in [-0.2, 0) is 0 Å². The second-order valence-corrected chi connectivity index (χ2v) is 7.24. The monoisotopic (exact) mass is 365 g/mol. The molecule has 3 aromatic rings. The summed E-state index contributed by atoms with van der Waals surface area (Å²) in [6.07, 6.45) is 8.22. The van der Waals surface area contributed by atoms with Gasteiger partial charge in [0.2, 0.25) is 5.95 Å². The van der Waals surface area contributed by atoms with E-state index in [-0.39, 0.29) is 0 Å². The molecule has 1 saturated heterocycles. The van der Waals surface area contributed by atoms with Crippen molar-refractivity contribution in [2.45, 2.75) is 37.6 Å². The number of piperidine rings is 1. The van der Waals surface area contributed by atoms with E-state index in [4.69, 9.17) is 14.8 Å². The van der Waals surface area contributed by atoms with Gasteiger partial charge in [-0.15, -0.1) is 0 Å². The molecule has 1 aliphatic heterocycles. The van der Waals surface area contributed by atoms with Crippen LogP contribution in [0.25, 0.3) is 17.0 Å². The van der Waals surface area contributed by atoms with E-state index in [0.717, 1.165) is 60.8 Å². The molecule has 8 nitrogen and oxygen atoms in total. The summed E-state index contributed by atoms with van der Waals surface area (Å²) in [5, 5.41) is 11.7. The van der Waals surface area contributed by atoms with Crippen molar-refractivity contribution in [2.24, 2.45) is 0 Å². The summed E-state index contributed by atoms with van der Waals surface area (Å²) >= 11 is 0. The number of imidazole rings is 1. The van der Waals surface area contributed by atoms with E-state index in [9.17, 15) is 0 Å². The second-order valence-electron chi connectivity index (χ2n) is 7.24. The summed E-state index contributed by atoms with van der Waals surface area (Å²) in [7, 11) is 1.69. The molecular formula is C19H23N7O. The van der Waals surface area contributed by atoms with Gasteiger partial charge < -0.3 is 15.4 Å². The molecule has 1 saturated carbocycles. The minimum atomic E-state index is 0.361. The number of nitrogens with zero attached hydrogens (tertiary/aromatic N) is 5. The van der Waals surface area contributed by atoms with Crippen LogP contribution in [0.2, 0.25) is 0 Å². The third kappa shape index (κ3) is 3.21. The summed E-state index contributed by atoms with van der Waals surface area (Å²) in [4.78, 5) is 13.6. The molecule has 8 heteroatoms. The van der Waals surface area contributed by atoms with Crippen LogP contribution in [0.15, 0.2) is 24.5 Å². The molecule has 0 radical (unpaired) electrons. The van der Waals surface area contributed by atoms with Crippen molar-refractivity contribution in [3.63, 3.8) is 0 Å². The van der Waals surface area contributed by atoms with Crippen LogP contribution in [0.4, 0.5) is 5.95 Å². The fraction of sp³-hybridized carbons (Fsp3) is 0.474. The summed E-state index contributed by atoms with van der Waals surface area (Å²) in [6, 6.07) is 4.22. The highest BCUT2D eigenvalue weighted by atomic mass is 16.5. The third-order valence-corrected chi connectivity index (χ3v) is 5.22. The van der Waals surface area contributed by atoms with E-state index in [2.05, 4.69) is 20.6 Å². The van der Waals surface area contributed by atoms with Crippen molar-refractivity contribution in [3.05, 3.63) is 30.2 Å². The molecule has 3 aromatic heterocycles. The Morgan fingerprint density at radius 1 is 1.26 bits per heavy atom. The first-order chi connectivity index (χ1) is 13.3. The number of rotatable bonds is 5. The minimum absolute atomic E-state index is 0.361. The van der Waals surface area contributed by atoms with Gasteiger partial charge in [0.1, 0.15) is 17.1 Å². The maximum atomic E-state index is 5.52. The standard InChI is InChI=1S/C19H23N7O/c1-27-16-9-17-22-11-15(26(17)25-18(16)12-4-5-12)14-6-8-21-19(24-14)23-13-3-2-7-20-10-13/h6,8-9,11-13,20H,2-5,7,10H2,1H3,(H,21,23,24)/t13-/m1/s1. The highest BCUT2D eigenvalue weighted by Gasteiger charge is 2.29. The maximum Gasteiger partial charge on any atom is 0.223 e. The van der Waals surface area contributed by atoms with Gasteiger partial charge in [-0.3, -0.25) is 0 Å². The Morgan fingerprint density at radius 3 is 2.96 bits per heavy atom. The molecule has 0 bridgehead atoms. The van der Waals surface area contributed by atoms with Gasteiger partial charge in [-0.2, -0.15) is 5.10 Å². The fourth-order valence-corrected chi connectivity index (χ4v) is 3.62. The summed E-state index contributed by atoms with van der Waals surface area (Å²) in [5.74, 6) is 1.95. The molecule has 2 N–H and O–H groups in total. The van der Waals surface area contributed by atoms with E-state index >= 15 is 0 Å². The number of aromatic nitrogens is 5. The molecule has 140 valence electrons. The van der Waals surface area contributed by atoms with Crippen LogP contribution in [0, 0.1) is 0 Å². The van der Waals surface area contributed by atoms with E-state index < -0.39 is 0 Å². The quantitative estimate of drug-likeness (QED) is 0.717. The molecule has 27 heavy (non-hydrogen) atoms. The Bertz CT molecular complexity index is 960. The Labute approximate surface area is 157 Å². The summed E-state index contributed by atoms with van der Waals surface area (Å²) in [5.41, 5.74) is 3.44. The topological polar surface area (TPSA) is 89.3 Å². The normalized spacial score (nSPS) is 20.0. The molecule has 0 spiro atoms. The molecule has 0 amide bonds. The molecule has 0 unspecified atom stereocenters. The van der Waals surface area contributed by atoms with Crippen molar-refractivity contribution in [1.82, 2.24) is 29.9 Å². The zero-order valence-electron chi connectivity index (χ0n) is 15.4. The zero-order valence-corrected chi connectivity index (χ0v) is 15.4. The van der Waals surface area contributed by atoms with Gasteiger partial charge in [0.15, 0.2) is 5.65 Å². The summed E-state index contributed by atoms with van der Waals surface area (Å²) < 4.78 is 7.38. The van der Waals surface area contributed by atoms with Gasteiger partial charge in [0, 0.05) is 30.8 Å². The molecule has 1 aliphatic carbocycles. The van der Waals surface area contributed by atoms with Gasteiger partial charge in [-0.1, -0.05) is 0 Å². The lowest BCUT2D eigenvalue weighted by molar-refractivity contribution is 0.405. The predicted molar refractivity (Wildman–Crippen MR) is 102 cm³/mol. The van der Waals surface area contributed by atoms with Gasteiger partial charge in [-0.25, -0.2) is 19.5 Å². The van der Waals surface area contributed by atoms with Crippen LogP contribution >= 0.6 is 0 Å². The lowest BCUT2D eigenvalue weighted by Crippen LogP contribution is -2.38. The Morgan fingerprint density at radius 2 is 2.19 bits per heavy atom. The number of hydrogen-bond donors (Lipinski definition) is 2. The number of hydrogen-bond acceptors (Lipinski definition) is 7. The molecule has 2 aliphatic rings. The highest BCUT2D eigenvalue weighted by molar-refractivity contribution is 5.61. The van der Waals surface area contributed by atoms with Crippen molar-refractivity contribution in [1.29, 1.82) is 0 Å². The predicted octanol–water partition coefficient (Wildman–Crippen LogP) is 2.24. The number of fused-ring (bicyclic) bond motifs is 1. The largest absolute Gasteiger partial charge is 0.495 e. The van der Waals surface area contributed by atoms with E-state index in [0.29, 0.717) is 17.9 Å². The molecule has 0 aromatic carbocycles. The van der Waals surface area contributed by atoms with Crippen LogP contribution in [0.3, 0.4) is 0 Å². The number of nitrogens with one attached hydrogen (secondary N) is 2. The lowest BCUT2D eigenvalue weighted by Gasteiger charge is -2.23. The van der Waals surface area contributed by atoms with E-state index in [1.54, 1.807) is 13.3 Å². The first-order valence-corrected chi connectivity index (χ1v) is 9.55. The Kier molecular flexibility index (Phi) is 4.12. The first-order valence-electron chi connectivity index (χ1n) is 9.55. The second kappa shape index (κ2) is 6.77. The van der Waals surface area contributed by atoms with Crippen molar-refractivity contribution >= 4 is 11.6 Å². The zero-order chi connectivity index (χ0) is 18.2. The van der Waals surface area contributed by atoms with Crippen molar-refractivity contribution in [2.75, 3.05) is 25.5 Å². The molecule has 1 atom stereocenters. The molecule has 5 rings (SSSR count). The van der Waals surface area contributed by atoms with E-state index in [1.165, 1.54) is 6.42 Å². The van der Waals surface area contributed by atoms with Crippen molar-refractivity contribution in [3.8, 4) is 17.1 Å². The van der Waals surface area contributed by atoms with Gasteiger partial charge in [0.05, 0.1) is 19.0 Å². The lowest BCUT2D eigenvalue weighted by atomic mass is 10.1. The minimum Gasteiger partial charge on any atom is -0.495 e. The number of anilines is 1. The van der Waals surface area contributed by atoms with Crippen LogP contribution in [0.1, 0.15) is 37.3 Å². The number of methoxy groups -OCH3 is 1. The van der Waals surface area contributed by atoms with Crippen LogP contribution in [-0.4, -0.2) is 50.8 Å². The third-order valence-electron chi connectivity index (χ3n) is 5.22. The average molecular weight is 365 g/mol. The van der Waals surface area contributed by atoms with Gasteiger partial charge in [0.25, 0.3) is 0 Å². The number of ether oxygens (including phenoxy) is 1. The SMILES string of the molecule is COc1cc2ncc(-c3ccnc(N[C@@H]4CCCNC4)n3)n2nc1C1CC1. The Hall–Kier alpha value is -2.74. The fourth-order valence-electron chi connectivity index (χ4n) is 3.62. The maximum absolute atomic E-state index is 5.52. The van der Waals surface area contributed by atoms with Gasteiger partial charge >= 0.3 is 0 Å². The molecular weight excluding hydrogens is 342 g/mol. The molecule has 4 heterocycles.